The summed E-state index contributed by atoms with van der Waals surface area (Å²) in [5.74, 6) is 0.819. The Bertz CT molecular complexity index is 686. The molecule has 0 saturated carbocycles. The van der Waals surface area contributed by atoms with Crippen molar-refractivity contribution >= 4 is 0 Å². The topological polar surface area (TPSA) is 32.7 Å². The first-order valence-electron chi connectivity index (χ1n) is 8.84. The lowest BCUT2D eigenvalue weighted by molar-refractivity contribution is -0.0596. The van der Waals surface area contributed by atoms with Gasteiger partial charge in [-0.15, -0.1) is 0 Å². The molecule has 3 nitrogen and oxygen atoms in total. The molecule has 2 aliphatic heterocycles. The minimum Gasteiger partial charge on any atom is -0.497 e. The van der Waals surface area contributed by atoms with Gasteiger partial charge in [-0.1, -0.05) is 42.5 Å². The van der Waals surface area contributed by atoms with E-state index in [0.717, 1.165) is 30.7 Å². The summed E-state index contributed by atoms with van der Waals surface area (Å²) in [5, 5.41) is 11.3. The fourth-order valence-electron chi connectivity index (χ4n) is 4.52. The fraction of sp³-hybridized carbons (Fsp3) is 0.429. The SMILES string of the molecule is COc1cccc([C@]2(O)C[C@H]3CC[C@@H](C2)N3Cc2ccccc2)c1. The van der Waals surface area contributed by atoms with Crippen LogP contribution in [0.5, 0.6) is 5.75 Å². The van der Waals surface area contributed by atoms with Gasteiger partial charge in [-0.25, -0.2) is 0 Å². The van der Waals surface area contributed by atoms with Crippen LogP contribution < -0.4 is 4.74 Å². The molecule has 2 bridgehead atoms. The van der Waals surface area contributed by atoms with E-state index in [1.165, 1.54) is 18.4 Å². The van der Waals surface area contributed by atoms with Crippen LogP contribution in [0.3, 0.4) is 0 Å². The van der Waals surface area contributed by atoms with Crippen molar-refractivity contribution in [1.82, 2.24) is 4.90 Å². The van der Waals surface area contributed by atoms with E-state index in [9.17, 15) is 5.11 Å². The van der Waals surface area contributed by atoms with Crippen molar-refractivity contribution in [3.05, 3.63) is 65.7 Å². The molecule has 2 saturated heterocycles. The van der Waals surface area contributed by atoms with Gasteiger partial charge in [0, 0.05) is 18.6 Å². The molecule has 0 amide bonds. The molecule has 2 fully saturated rings. The Kier molecular flexibility index (Phi) is 4.07. The normalized spacial score (nSPS) is 29.6. The zero-order chi connectivity index (χ0) is 16.6. The summed E-state index contributed by atoms with van der Waals surface area (Å²) < 4.78 is 5.34. The van der Waals surface area contributed by atoms with Crippen LogP contribution in [0.4, 0.5) is 0 Å². The van der Waals surface area contributed by atoms with Crippen LogP contribution >= 0.6 is 0 Å². The van der Waals surface area contributed by atoms with Crippen LogP contribution in [0.25, 0.3) is 0 Å². The number of aliphatic hydroxyl groups is 1. The standard InChI is InChI=1S/C21H25NO2/c1-24-20-9-5-8-17(12-20)21(23)13-18-10-11-19(14-21)22(18)15-16-6-3-2-4-7-16/h2-9,12,18-19,23H,10-11,13-15H2,1H3/t18-,19+,21+. The van der Waals surface area contributed by atoms with E-state index in [4.69, 9.17) is 4.74 Å². The second-order valence-corrected chi connectivity index (χ2v) is 7.21. The highest BCUT2D eigenvalue weighted by molar-refractivity contribution is 5.33. The summed E-state index contributed by atoms with van der Waals surface area (Å²) in [6.07, 6.45) is 3.99. The zero-order valence-corrected chi connectivity index (χ0v) is 14.2. The van der Waals surface area contributed by atoms with Gasteiger partial charge in [0.1, 0.15) is 5.75 Å². The van der Waals surface area contributed by atoms with E-state index in [1.54, 1.807) is 7.11 Å². The Morgan fingerprint density at radius 3 is 2.42 bits per heavy atom. The summed E-state index contributed by atoms with van der Waals surface area (Å²) in [6.45, 7) is 0.990. The van der Waals surface area contributed by atoms with Gasteiger partial charge in [-0.2, -0.15) is 0 Å². The third-order valence-electron chi connectivity index (χ3n) is 5.73. The largest absolute Gasteiger partial charge is 0.497 e. The third-order valence-corrected chi connectivity index (χ3v) is 5.73. The molecule has 0 spiro atoms. The molecule has 3 atom stereocenters. The molecule has 2 heterocycles. The molecule has 2 aromatic rings. The van der Waals surface area contributed by atoms with Crippen LogP contribution in [0, 0.1) is 0 Å². The first kappa shape index (κ1) is 15.7. The number of hydrogen-bond acceptors (Lipinski definition) is 3. The molecule has 0 aliphatic carbocycles. The maximum absolute atomic E-state index is 11.3. The van der Waals surface area contributed by atoms with Crippen molar-refractivity contribution < 1.29 is 9.84 Å². The van der Waals surface area contributed by atoms with Gasteiger partial charge in [0.05, 0.1) is 12.7 Å². The molecule has 0 unspecified atom stereocenters. The predicted octanol–water partition coefficient (Wildman–Crippen LogP) is 3.71. The fourth-order valence-corrected chi connectivity index (χ4v) is 4.52. The molecule has 126 valence electrons. The second-order valence-electron chi connectivity index (χ2n) is 7.21. The molecule has 0 aromatic heterocycles. The molecule has 24 heavy (non-hydrogen) atoms. The second kappa shape index (κ2) is 6.23. The molecular formula is C21H25NO2. The van der Waals surface area contributed by atoms with E-state index in [2.05, 4.69) is 35.2 Å². The smallest absolute Gasteiger partial charge is 0.119 e. The summed E-state index contributed by atoms with van der Waals surface area (Å²) in [5.41, 5.74) is 1.63. The van der Waals surface area contributed by atoms with Crippen molar-refractivity contribution in [3.63, 3.8) is 0 Å². The van der Waals surface area contributed by atoms with E-state index in [-0.39, 0.29) is 0 Å². The molecule has 2 aromatic carbocycles. The first-order chi connectivity index (χ1) is 11.7. The minimum absolute atomic E-state index is 0.458. The maximum atomic E-state index is 11.3. The lowest BCUT2D eigenvalue weighted by Gasteiger charge is -2.44. The molecule has 3 heteroatoms. The number of rotatable bonds is 4. The van der Waals surface area contributed by atoms with E-state index in [1.807, 2.05) is 24.3 Å². The molecule has 2 aliphatic rings. The van der Waals surface area contributed by atoms with Crippen molar-refractivity contribution in [2.45, 2.75) is 49.9 Å². The highest BCUT2D eigenvalue weighted by Crippen LogP contribution is 2.46. The van der Waals surface area contributed by atoms with Crippen LogP contribution in [0.2, 0.25) is 0 Å². The van der Waals surface area contributed by atoms with Gasteiger partial charge in [0.25, 0.3) is 0 Å². The van der Waals surface area contributed by atoms with Crippen LogP contribution in [0.1, 0.15) is 36.8 Å². The molecular weight excluding hydrogens is 298 g/mol. The molecule has 0 radical (unpaired) electrons. The molecule has 1 N–H and O–H groups in total. The maximum Gasteiger partial charge on any atom is 0.119 e. The third kappa shape index (κ3) is 2.83. The number of hydrogen-bond donors (Lipinski definition) is 1. The van der Waals surface area contributed by atoms with Gasteiger partial charge in [-0.05, 0) is 48.9 Å². The quantitative estimate of drug-likeness (QED) is 0.931. The molecule has 4 rings (SSSR count). The first-order valence-corrected chi connectivity index (χ1v) is 8.84. The average molecular weight is 323 g/mol. The van der Waals surface area contributed by atoms with Gasteiger partial charge in [0.15, 0.2) is 0 Å². The Morgan fingerprint density at radius 2 is 1.75 bits per heavy atom. The Hall–Kier alpha value is -1.84. The Labute approximate surface area is 143 Å². The van der Waals surface area contributed by atoms with Crippen LogP contribution in [-0.2, 0) is 12.1 Å². The lowest BCUT2D eigenvalue weighted by Crippen LogP contribution is -2.49. The summed E-state index contributed by atoms with van der Waals surface area (Å²) in [4.78, 5) is 2.60. The van der Waals surface area contributed by atoms with Crippen molar-refractivity contribution in [1.29, 1.82) is 0 Å². The monoisotopic (exact) mass is 323 g/mol. The number of ether oxygens (including phenoxy) is 1. The average Bonchev–Trinajstić information content (AvgIpc) is 2.86. The Morgan fingerprint density at radius 1 is 1.04 bits per heavy atom. The van der Waals surface area contributed by atoms with Crippen molar-refractivity contribution in [2.75, 3.05) is 7.11 Å². The highest BCUT2D eigenvalue weighted by atomic mass is 16.5. The Balaban J connectivity index is 1.55. The van der Waals surface area contributed by atoms with Crippen LogP contribution in [0.15, 0.2) is 54.6 Å². The lowest BCUT2D eigenvalue weighted by atomic mass is 9.80. The summed E-state index contributed by atoms with van der Waals surface area (Å²) >= 11 is 0. The van der Waals surface area contributed by atoms with Crippen molar-refractivity contribution in [2.24, 2.45) is 0 Å². The summed E-state index contributed by atoms with van der Waals surface area (Å²) in [7, 11) is 1.68. The van der Waals surface area contributed by atoms with E-state index in [0.29, 0.717) is 12.1 Å². The minimum atomic E-state index is -0.729. The number of methoxy groups -OCH3 is 1. The van der Waals surface area contributed by atoms with Crippen LogP contribution in [-0.4, -0.2) is 29.2 Å². The van der Waals surface area contributed by atoms with Crippen molar-refractivity contribution in [3.8, 4) is 5.75 Å². The number of fused-ring (bicyclic) bond motifs is 2. The number of piperidine rings is 1. The summed E-state index contributed by atoms with van der Waals surface area (Å²) in [6, 6.07) is 19.5. The predicted molar refractivity (Wildman–Crippen MR) is 94.9 cm³/mol. The van der Waals surface area contributed by atoms with E-state index >= 15 is 0 Å². The van der Waals surface area contributed by atoms with E-state index < -0.39 is 5.60 Å². The highest BCUT2D eigenvalue weighted by Gasteiger charge is 2.48. The number of benzene rings is 2. The zero-order valence-electron chi connectivity index (χ0n) is 14.2. The van der Waals surface area contributed by atoms with Gasteiger partial charge in [-0.3, -0.25) is 4.90 Å². The van der Waals surface area contributed by atoms with Gasteiger partial charge >= 0.3 is 0 Å². The number of nitrogens with zero attached hydrogens (tertiary/aromatic N) is 1. The van der Waals surface area contributed by atoms with Gasteiger partial charge < -0.3 is 9.84 Å². The van der Waals surface area contributed by atoms with Gasteiger partial charge in [0.2, 0.25) is 0 Å².